The number of hydrogen-bond donors (Lipinski definition) is 2. The summed E-state index contributed by atoms with van der Waals surface area (Å²) in [5.74, 6) is -0.556. The zero-order valence-electron chi connectivity index (χ0n) is 18.5. The van der Waals surface area contributed by atoms with Crippen LogP contribution in [0.4, 0.5) is 11.4 Å². The average molecular weight is 576 g/mol. The molecule has 0 bridgehead atoms. The molecule has 4 nitrogen and oxygen atoms in total. The first-order chi connectivity index (χ1) is 17.3. The Morgan fingerprint density at radius 2 is 1.36 bits per heavy atom. The van der Waals surface area contributed by atoms with Crippen LogP contribution in [0.5, 0.6) is 0 Å². The summed E-state index contributed by atoms with van der Waals surface area (Å²) in [7, 11) is 0. The molecule has 0 heterocycles. The molecule has 4 rings (SSSR count). The van der Waals surface area contributed by atoms with E-state index in [2.05, 4.69) is 10.6 Å². The topological polar surface area (TPSA) is 58.2 Å². The monoisotopic (exact) mass is 574 g/mol. The lowest BCUT2D eigenvalue weighted by atomic mass is 10.1. The van der Waals surface area contributed by atoms with Crippen molar-refractivity contribution in [3.8, 4) is 0 Å². The van der Waals surface area contributed by atoms with Gasteiger partial charge in [-0.3, -0.25) is 9.59 Å². The third-order valence-corrected chi connectivity index (χ3v) is 7.62. The van der Waals surface area contributed by atoms with Gasteiger partial charge in [0.05, 0.1) is 20.6 Å². The number of thioether (sulfide) groups is 1. The molecule has 0 saturated carbocycles. The van der Waals surface area contributed by atoms with E-state index >= 15 is 0 Å². The molecule has 4 aromatic carbocycles. The van der Waals surface area contributed by atoms with Gasteiger partial charge in [-0.15, -0.1) is 11.8 Å². The molecular formula is C27H18Cl4N2O2S. The third-order valence-electron chi connectivity index (χ3n) is 5.07. The van der Waals surface area contributed by atoms with E-state index < -0.39 is 5.25 Å². The van der Waals surface area contributed by atoms with E-state index in [9.17, 15) is 9.59 Å². The minimum atomic E-state index is -0.533. The van der Waals surface area contributed by atoms with Gasteiger partial charge in [-0.25, -0.2) is 0 Å². The van der Waals surface area contributed by atoms with Gasteiger partial charge in [0.1, 0.15) is 5.25 Å². The minimum Gasteiger partial charge on any atom is -0.325 e. The Morgan fingerprint density at radius 3 is 2.03 bits per heavy atom. The molecule has 0 fully saturated rings. The highest BCUT2D eigenvalue weighted by molar-refractivity contribution is 8.00. The molecule has 0 aliphatic heterocycles. The second-order valence-electron chi connectivity index (χ2n) is 7.63. The maximum absolute atomic E-state index is 13.3. The fourth-order valence-electron chi connectivity index (χ4n) is 3.31. The summed E-state index contributed by atoms with van der Waals surface area (Å²) in [6.07, 6.45) is 0. The van der Waals surface area contributed by atoms with Gasteiger partial charge in [0.15, 0.2) is 0 Å². The van der Waals surface area contributed by atoms with Gasteiger partial charge in [-0.2, -0.15) is 0 Å². The van der Waals surface area contributed by atoms with Crippen molar-refractivity contribution in [3.63, 3.8) is 0 Å². The summed E-state index contributed by atoms with van der Waals surface area (Å²) in [5.41, 5.74) is 2.30. The molecular weight excluding hydrogens is 558 g/mol. The summed E-state index contributed by atoms with van der Waals surface area (Å²) < 4.78 is 0. The minimum absolute atomic E-state index is 0.209. The maximum Gasteiger partial charge on any atom is 0.257 e. The van der Waals surface area contributed by atoms with Crippen LogP contribution in [0.2, 0.25) is 20.1 Å². The van der Waals surface area contributed by atoms with Gasteiger partial charge < -0.3 is 10.6 Å². The molecule has 0 saturated heterocycles. The van der Waals surface area contributed by atoms with Crippen molar-refractivity contribution in [2.24, 2.45) is 0 Å². The van der Waals surface area contributed by atoms with Crippen LogP contribution < -0.4 is 10.6 Å². The number of amides is 2. The number of carbonyl (C=O) groups excluding carboxylic acids is 2. The normalized spacial score (nSPS) is 11.6. The van der Waals surface area contributed by atoms with E-state index in [1.807, 2.05) is 42.5 Å². The SMILES string of the molecule is O=C(Nc1ccc(SC(C(=O)Nc2ccc(Cl)c(Cl)c2)c2ccccc2)cc1)c1ccc(Cl)cc1Cl. The lowest BCUT2D eigenvalue weighted by Crippen LogP contribution is -2.19. The van der Waals surface area contributed by atoms with Crippen LogP contribution in [-0.2, 0) is 4.79 Å². The Morgan fingerprint density at radius 1 is 0.667 bits per heavy atom. The molecule has 0 radical (unpaired) electrons. The molecule has 0 spiro atoms. The van der Waals surface area contributed by atoms with Crippen molar-refractivity contribution in [2.75, 3.05) is 10.6 Å². The summed E-state index contributed by atoms with van der Waals surface area (Å²) in [6.45, 7) is 0. The Bertz CT molecular complexity index is 1400. The molecule has 9 heteroatoms. The van der Waals surface area contributed by atoms with Crippen molar-refractivity contribution < 1.29 is 9.59 Å². The van der Waals surface area contributed by atoms with E-state index in [-0.39, 0.29) is 16.8 Å². The highest BCUT2D eigenvalue weighted by Crippen LogP contribution is 2.37. The molecule has 2 amide bonds. The standard InChI is InChI=1S/C27H18Cl4N2O2S/c28-17-6-12-21(23(30)14-17)26(34)32-18-7-10-20(11-8-18)36-25(16-4-2-1-3-5-16)27(35)33-19-9-13-22(29)24(31)15-19/h1-15,25H,(H,32,34)(H,33,35). The second kappa shape index (κ2) is 12.0. The second-order valence-corrected chi connectivity index (χ2v) is 10.5. The molecule has 0 aromatic heterocycles. The van der Waals surface area contributed by atoms with Crippen molar-refractivity contribution in [3.05, 3.63) is 122 Å². The summed E-state index contributed by atoms with van der Waals surface area (Å²) in [6, 6.07) is 26.3. The van der Waals surface area contributed by atoms with Gasteiger partial charge in [0, 0.05) is 21.3 Å². The average Bonchev–Trinajstić information content (AvgIpc) is 2.86. The number of carbonyl (C=O) groups is 2. The van der Waals surface area contributed by atoms with Crippen LogP contribution in [0.3, 0.4) is 0 Å². The van der Waals surface area contributed by atoms with Crippen LogP contribution in [0, 0.1) is 0 Å². The van der Waals surface area contributed by atoms with Crippen molar-refractivity contribution in [1.82, 2.24) is 0 Å². The number of hydrogen-bond acceptors (Lipinski definition) is 3. The van der Waals surface area contributed by atoms with Crippen LogP contribution in [-0.4, -0.2) is 11.8 Å². The molecule has 36 heavy (non-hydrogen) atoms. The smallest absolute Gasteiger partial charge is 0.257 e. The molecule has 1 atom stereocenters. The summed E-state index contributed by atoms with van der Waals surface area (Å²) >= 11 is 25.5. The van der Waals surface area contributed by atoms with E-state index in [0.717, 1.165) is 10.5 Å². The number of halogens is 4. The largest absolute Gasteiger partial charge is 0.325 e. The van der Waals surface area contributed by atoms with E-state index in [1.54, 1.807) is 42.5 Å². The van der Waals surface area contributed by atoms with E-state index in [4.69, 9.17) is 46.4 Å². The Labute approximate surface area is 232 Å². The highest BCUT2D eigenvalue weighted by atomic mass is 35.5. The van der Waals surface area contributed by atoms with Crippen LogP contribution >= 0.6 is 58.2 Å². The summed E-state index contributed by atoms with van der Waals surface area (Å²) in [4.78, 5) is 26.7. The van der Waals surface area contributed by atoms with Gasteiger partial charge in [0.25, 0.3) is 5.91 Å². The number of anilines is 2. The number of rotatable bonds is 7. The fraction of sp³-hybridized carbons (Fsp3) is 0.0370. The molecule has 0 aliphatic rings. The van der Waals surface area contributed by atoms with Gasteiger partial charge in [-0.1, -0.05) is 76.7 Å². The molecule has 0 aliphatic carbocycles. The Balaban J connectivity index is 1.49. The first-order valence-electron chi connectivity index (χ1n) is 10.6. The van der Waals surface area contributed by atoms with Gasteiger partial charge >= 0.3 is 0 Å². The van der Waals surface area contributed by atoms with Crippen molar-refractivity contribution >= 4 is 81.4 Å². The quantitative estimate of drug-likeness (QED) is 0.216. The number of nitrogens with one attached hydrogen (secondary N) is 2. The predicted molar refractivity (Wildman–Crippen MR) is 151 cm³/mol. The van der Waals surface area contributed by atoms with Crippen molar-refractivity contribution in [2.45, 2.75) is 10.1 Å². The zero-order valence-corrected chi connectivity index (χ0v) is 22.3. The van der Waals surface area contributed by atoms with Gasteiger partial charge in [0.2, 0.25) is 5.91 Å². The Hall–Kier alpha value is -2.67. The maximum atomic E-state index is 13.3. The lowest BCUT2D eigenvalue weighted by molar-refractivity contribution is -0.115. The molecule has 4 aromatic rings. The van der Waals surface area contributed by atoms with Crippen LogP contribution in [0.1, 0.15) is 21.2 Å². The lowest BCUT2D eigenvalue weighted by Gasteiger charge is -2.18. The number of benzene rings is 4. The van der Waals surface area contributed by atoms with E-state index in [0.29, 0.717) is 32.0 Å². The van der Waals surface area contributed by atoms with Gasteiger partial charge in [-0.05, 0) is 66.2 Å². The molecule has 182 valence electrons. The predicted octanol–water partition coefficient (Wildman–Crippen LogP) is 9.02. The van der Waals surface area contributed by atoms with Crippen LogP contribution in [0.15, 0.2) is 95.9 Å². The van der Waals surface area contributed by atoms with E-state index in [1.165, 1.54) is 17.8 Å². The summed E-state index contributed by atoms with van der Waals surface area (Å²) in [5, 5.41) is 6.69. The van der Waals surface area contributed by atoms with Crippen molar-refractivity contribution in [1.29, 1.82) is 0 Å². The third kappa shape index (κ3) is 6.75. The first-order valence-corrected chi connectivity index (χ1v) is 13.0. The highest BCUT2D eigenvalue weighted by Gasteiger charge is 2.22. The Kier molecular flexibility index (Phi) is 8.83. The molecule has 2 N–H and O–H groups in total. The first kappa shape index (κ1) is 26.4. The zero-order chi connectivity index (χ0) is 25.7. The molecule has 1 unspecified atom stereocenters. The fourth-order valence-corrected chi connectivity index (χ4v) is 5.12. The van der Waals surface area contributed by atoms with Crippen LogP contribution in [0.25, 0.3) is 0 Å².